The first-order chi connectivity index (χ1) is 9.22. The van der Waals surface area contributed by atoms with E-state index in [4.69, 9.17) is 0 Å². The molecule has 0 saturated heterocycles. The smallest absolute Gasteiger partial charge is 0.149 e. The summed E-state index contributed by atoms with van der Waals surface area (Å²) >= 11 is 0. The molecule has 3 rings (SSSR count). The minimum atomic E-state index is -0.267. The van der Waals surface area contributed by atoms with Gasteiger partial charge in [-0.1, -0.05) is 18.2 Å². The van der Waals surface area contributed by atoms with E-state index in [9.17, 15) is 9.50 Å². The number of fused-ring (bicyclic) bond motifs is 1. The zero-order chi connectivity index (χ0) is 13.4. The second-order valence-corrected chi connectivity index (χ2v) is 4.52. The van der Waals surface area contributed by atoms with Crippen LogP contribution in [0.15, 0.2) is 42.5 Å². The van der Waals surface area contributed by atoms with Gasteiger partial charge in [0.1, 0.15) is 17.3 Å². The monoisotopic (exact) mass is 258 g/mol. The van der Waals surface area contributed by atoms with Crippen molar-refractivity contribution < 1.29 is 9.50 Å². The van der Waals surface area contributed by atoms with Crippen molar-refractivity contribution >= 4 is 17.1 Å². The Morgan fingerprint density at radius 2 is 1.84 bits per heavy atom. The van der Waals surface area contributed by atoms with Crippen LogP contribution in [-0.2, 0) is 0 Å². The molecule has 4 heteroatoms. The van der Waals surface area contributed by atoms with E-state index >= 15 is 0 Å². The fourth-order valence-electron chi connectivity index (χ4n) is 2.50. The maximum absolute atomic E-state index is 14.1. The lowest BCUT2D eigenvalue weighted by Crippen LogP contribution is -2.27. The normalized spacial score (nSPS) is 13.8. The van der Waals surface area contributed by atoms with Crippen LogP contribution in [0.2, 0.25) is 0 Å². The standard InChI is InChI=1S/C15H15FN2O/c1-2-17-10-18(12-7-3-4-9-14(12)19)15-11(16)6-5-8-13(15)17/h3-9,19H,2,10H2,1H3. The number of halogens is 1. The summed E-state index contributed by atoms with van der Waals surface area (Å²) in [4.78, 5) is 3.88. The number of nitrogens with zero attached hydrogens (tertiary/aromatic N) is 2. The molecule has 1 N–H and O–H groups in total. The number of rotatable bonds is 2. The van der Waals surface area contributed by atoms with Crippen LogP contribution in [0.3, 0.4) is 0 Å². The highest BCUT2D eigenvalue weighted by molar-refractivity contribution is 5.84. The third-order valence-electron chi connectivity index (χ3n) is 3.44. The molecule has 0 amide bonds. The van der Waals surface area contributed by atoms with Gasteiger partial charge >= 0.3 is 0 Å². The number of phenolic OH excluding ortho intramolecular Hbond substituents is 1. The van der Waals surface area contributed by atoms with Crippen molar-refractivity contribution in [3.05, 3.63) is 48.3 Å². The van der Waals surface area contributed by atoms with Gasteiger partial charge in [-0.05, 0) is 31.2 Å². The lowest BCUT2D eigenvalue weighted by atomic mass is 10.2. The molecule has 2 aromatic rings. The Balaban J connectivity index is 2.15. The van der Waals surface area contributed by atoms with Crippen molar-refractivity contribution in [2.45, 2.75) is 6.92 Å². The van der Waals surface area contributed by atoms with E-state index in [1.165, 1.54) is 6.07 Å². The maximum Gasteiger partial charge on any atom is 0.149 e. The molecule has 0 unspecified atom stereocenters. The second-order valence-electron chi connectivity index (χ2n) is 4.52. The highest BCUT2D eigenvalue weighted by Crippen LogP contribution is 2.44. The van der Waals surface area contributed by atoms with Crippen molar-refractivity contribution in [2.24, 2.45) is 0 Å². The lowest BCUT2D eigenvalue weighted by molar-refractivity contribution is 0.475. The number of hydrogen-bond acceptors (Lipinski definition) is 3. The molecule has 0 spiro atoms. The van der Waals surface area contributed by atoms with Crippen LogP contribution in [0.4, 0.5) is 21.5 Å². The highest BCUT2D eigenvalue weighted by Gasteiger charge is 2.29. The van der Waals surface area contributed by atoms with Gasteiger partial charge in [0.2, 0.25) is 0 Å². The van der Waals surface area contributed by atoms with Gasteiger partial charge in [-0.3, -0.25) is 0 Å². The molecule has 1 aliphatic heterocycles. The highest BCUT2D eigenvalue weighted by atomic mass is 19.1. The Kier molecular flexibility index (Phi) is 2.78. The molecule has 0 atom stereocenters. The molecule has 2 aromatic carbocycles. The number of anilines is 3. The summed E-state index contributed by atoms with van der Waals surface area (Å²) in [6.45, 7) is 3.37. The molecular weight excluding hydrogens is 243 g/mol. The molecule has 19 heavy (non-hydrogen) atoms. The van der Waals surface area contributed by atoms with Crippen LogP contribution in [0.1, 0.15) is 6.92 Å². The Morgan fingerprint density at radius 3 is 2.58 bits per heavy atom. The van der Waals surface area contributed by atoms with Gasteiger partial charge in [-0.2, -0.15) is 0 Å². The molecule has 1 heterocycles. The van der Waals surface area contributed by atoms with Crippen LogP contribution >= 0.6 is 0 Å². The quantitative estimate of drug-likeness (QED) is 0.893. The van der Waals surface area contributed by atoms with Crippen molar-refractivity contribution in [1.82, 2.24) is 0 Å². The molecule has 0 saturated carbocycles. The molecule has 1 aliphatic rings. The molecule has 0 radical (unpaired) electrons. The van der Waals surface area contributed by atoms with Gasteiger partial charge in [0.05, 0.1) is 18.0 Å². The summed E-state index contributed by atoms with van der Waals surface area (Å²) in [6, 6.07) is 12.1. The molecule has 0 aromatic heterocycles. The first-order valence-electron chi connectivity index (χ1n) is 6.31. The van der Waals surface area contributed by atoms with E-state index in [2.05, 4.69) is 4.90 Å². The zero-order valence-corrected chi connectivity index (χ0v) is 10.7. The molecule has 0 bridgehead atoms. The van der Waals surface area contributed by atoms with Crippen molar-refractivity contribution in [3.8, 4) is 5.75 Å². The van der Waals surface area contributed by atoms with Crippen LogP contribution in [-0.4, -0.2) is 18.3 Å². The van der Waals surface area contributed by atoms with Gasteiger partial charge < -0.3 is 14.9 Å². The Hall–Kier alpha value is -2.23. The number of aromatic hydroxyl groups is 1. The second kappa shape index (κ2) is 4.46. The van der Waals surface area contributed by atoms with E-state index in [1.54, 1.807) is 24.3 Å². The van der Waals surface area contributed by atoms with Crippen LogP contribution < -0.4 is 9.80 Å². The Morgan fingerprint density at radius 1 is 1.11 bits per heavy atom. The maximum atomic E-state index is 14.1. The van der Waals surface area contributed by atoms with Gasteiger partial charge in [0.25, 0.3) is 0 Å². The summed E-state index contributed by atoms with van der Waals surface area (Å²) in [5.74, 6) is -0.105. The molecule has 3 nitrogen and oxygen atoms in total. The van der Waals surface area contributed by atoms with E-state index in [1.807, 2.05) is 24.0 Å². The van der Waals surface area contributed by atoms with Crippen LogP contribution in [0.25, 0.3) is 0 Å². The number of benzene rings is 2. The SMILES string of the molecule is CCN1CN(c2ccccc2O)c2c(F)cccc21. The number of para-hydroxylation sites is 3. The largest absolute Gasteiger partial charge is 0.506 e. The van der Waals surface area contributed by atoms with Crippen LogP contribution in [0, 0.1) is 5.82 Å². The summed E-state index contributed by atoms with van der Waals surface area (Å²) < 4.78 is 14.1. The first kappa shape index (κ1) is 11.8. The van der Waals surface area contributed by atoms with Gasteiger partial charge in [-0.15, -0.1) is 0 Å². The average molecular weight is 258 g/mol. The first-order valence-corrected chi connectivity index (χ1v) is 6.31. The summed E-state index contributed by atoms with van der Waals surface area (Å²) in [7, 11) is 0. The molecular formula is C15H15FN2O. The van der Waals surface area contributed by atoms with E-state index in [-0.39, 0.29) is 11.6 Å². The van der Waals surface area contributed by atoms with E-state index in [0.717, 1.165) is 12.2 Å². The predicted octanol–water partition coefficient (Wildman–Crippen LogP) is 3.47. The third kappa shape index (κ3) is 1.80. The topological polar surface area (TPSA) is 26.7 Å². The third-order valence-corrected chi connectivity index (χ3v) is 3.44. The number of phenols is 1. The van der Waals surface area contributed by atoms with E-state index in [0.29, 0.717) is 18.0 Å². The fourth-order valence-corrected chi connectivity index (χ4v) is 2.50. The summed E-state index contributed by atoms with van der Waals surface area (Å²) in [6.07, 6.45) is 0. The van der Waals surface area contributed by atoms with Crippen molar-refractivity contribution in [1.29, 1.82) is 0 Å². The summed E-state index contributed by atoms with van der Waals surface area (Å²) in [5, 5.41) is 9.96. The predicted molar refractivity (Wildman–Crippen MR) is 74.5 cm³/mol. The van der Waals surface area contributed by atoms with Gasteiger partial charge in [-0.25, -0.2) is 4.39 Å². The van der Waals surface area contributed by atoms with Gasteiger partial charge in [0.15, 0.2) is 0 Å². The Bertz CT molecular complexity index is 615. The van der Waals surface area contributed by atoms with E-state index < -0.39 is 0 Å². The Labute approximate surface area is 111 Å². The molecule has 98 valence electrons. The molecule has 0 aliphatic carbocycles. The fraction of sp³-hybridized carbons (Fsp3) is 0.200. The van der Waals surface area contributed by atoms with Gasteiger partial charge in [0, 0.05) is 6.54 Å². The van der Waals surface area contributed by atoms with Crippen LogP contribution in [0.5, 0.6) is 5.75 Å². The van der Waals surface area contributed by atoms with Crippen molar-refractivity contribution in [3.63, 3.8) is 0 Å². The van der Waals surface area contributed by atoms with Crippen molar-refractivity contribution in [2.75, 3.05) is 23.0 Å². The zero-order valence-electron chi connectivity index (χ0n) is 10.7. The average Bonchev–Trinajstić information content (AvgIpc) is 2.79. The summed E-state index contributed by atoms with van der Waals surface area (Å²) in [5.41, 5.74) is 2.03. The number of hydrogen-bond donors (Lipinski definition) is 1. The minimum absolute atomic E-state index is 0.162. The minimum Gasteiger partial charge on any atom is -0.506 e. The molecule has 0 fully saturated rings. The lowest BCUT2D eigenvalue weighted by Gasteiger charge is -2.21.